The molecule has 1 aromatic carbocycles. The molecule has 0 aromatic heterocycles. The lowest BCUT2D eigenvalue weighted by Crippen LogP contribution is -2.44. The predicted molar refractivity (Wildman–Crippen MR) is 119 cm³/mol. The lowest BCUT2D eigenvalue weighted by molar-refractivity contribution is -0.155. The van der Waals surface area contributed by atoms with Crippen LogP contribution in [0.4, 0.5) is 5.69 Å². The number of benzene rings is 1. The van der Waals surface area contributed by atoms with Gasteiger partial charge in [0.1, 0.15) is 11.8 Å². The Bertz CT molecular complexity index is 853. The zero-order chi connectivity index (χ0) is 23.3. The smallest absolute Gasteiger partial charge is 0.310 e. The number of carbonyl (C=O) groups is 3. The second-order valence-electron chi connectivity index (χ2n) is 8.11. The van der Waals surface area contributed by atoms with E-state index in [-0.39, 0.29) is 37.5 Å². The molecule has 0 saturated carbocycles. The van der Waals surface area contributed by atoms with E-state index in [1.54, 1.807) is 38.3 Å². The minimum Gasteiger partial charge on any atom is -0.497 e. The molecule has 1 aliphatic heterocycles. The first kappa shape index (κ1) is 23.8. The van der Waals surface area contributed by atoms with Crippen LogP contribution in [-0.4, -0.2) is 60.7 Å². The Hall–Kier alpha value is -2.87. The second kappa shape index (κ2) is 10.6. The number of nitrogens with one attached hydrogen (secondary N) is 1. The van der Waals surface area contributed by atoms with E-state index in [1.807, 2.05) is 19.1 Å². The van der Waals surface area contributed by atoms with Crippen LogP contribution in [0.25, 0.3) is 0 Å². The fourth-order valence-electron chi connectivity index (χ4n) is 4.82. The fraction of sp³-hybridized carbons (Fsp3) is 0.542. The van der Waals surface area contributed by atoms with Crippen LogP contribution < -0.4 is 10.1 Å². The van der Waals surface area contributed by atoms with Crippen LogP contribution >= 0.6 is 0 Å². The minimum atomic E-state index is -0.771. The van der Waals surface area contributed by atoms with Crippen LogP contribution in [-0.2, 0) is 19.1 Å². The molecule has 8 nitrogen and oxygen atoms in total. The third-order valence-electron chi connectivity index (χ3n) is 6.33. The van der Waals surface area contributed by atoms with Gasteiger partial charge in [-0.2, -0.15) is 0 Å². The molecule has 1 aromatic rings. The number of likely N-dealkylation sites (tertiary alicyclic amines) is 1. The summed E-state index contributed by atoms with van der Waals surface area (Å²) in [5, 5.41) is 12.2. The lowest BCUT2D eigenvalue weighted by atomic mass is 9.69. The summed E-state index contributed by atoms with van der Waals surface area (Å²) in [6, 6.07) is 6.17. The molecule has 0 unspecified atom stereocenters. The number of aliphatic hydroxyl groups is 1. The van der Waals surface area contributed by atoms with Gasteiger partial charge in [-0.15, -0.1) is 0 Å². The Morgan fingerprint density at radius 2 is 1.88 bits per heavy atom. The van der Waals surface area contributed by atoms with Gasteiger partial charge in [0.25, 0.3) is 0 Å². The van der Waals surface area contributed by atoms with Crippen LogP contribution in [0.2, 0.25) is 0 Å². The van der Waals surface area contributed by atoms with Crippen LogP contribution in [0, 0.1) is 23.7 Å². The molecule has 2 aliphatic rings. The Kier molecular flexibility index (Phi) is 7.90. The van der Waals surface area contributed by atoms with Crippen molar-refractivity contribution in [2.75, 3.05) is 32.2 Å². The summed E-state index contributed by atoms with van der Waals surface area (Å²) in [5.41, 5.74) is 0.585. The van der Waals surface area contributed by atoms with Gasteiger partial charge in [0.05, 0.1) is 25.6 Å². The highest BCUT2D eigenvalue weighted by atomic mass is 16.5. The van der Waals surface area contributed by atoms with Gasteiger partial charge in [-0.3, -0.25) is 14.4 Å². The van der Waals surface area contributed by atoms with E-state index >= 15 is 0 Å². The van der Waals surface area contributed by atoms with Gasteiger partial charge in [0.2, 0.25) is 11.8 Å². The Labute approximate surface area is 188 Å². The van der Waals surface area contributed by atoms with E-state index in [9.17, 15) is 19.5 Å². The standard InChI is InChI=1S/C24H32N2O6/c1-4-15-7-12-18-20(19(15)24(30)32-5-2)23(29)26(13-6-14-27)21(18)22(28)25-16-8-10-17(31-3)11-9-16/h7-12,15,18-21,27H,4-6,13-14H2,1-3H3,(H,25,28)/t15-,18+,19-,20+,21+/m1/s1. The van der Waals surface area contributed by atoms with E-state index in [1.165, 1.54) is 4.90 Å². The fourth-order valence-corrected chi connectivity index (χ4v) is 4.82. The van der Waals surface area contributed by atoms with E-state index in [2.05, 4.69) is 5.32 Å². The molecule has 1 fully saturated rings. The summed E-state index contributed by atoms with van der Waals surface area (Å²) < 4.78 is 10.5. The molecule has 2 N–H and O–H groups in total. The first-order valence-electron chi connectivity index (χ1n) is 11.2. The number of rotatable bonds is 9. The molecule has 0 radical (unpaired) electrons. The molecular formula is C24H32N2O6. The van der Waals surface area contributed by atoms with Crippen molar-refractivity contribution in [1.29, 1.82) is 0 Å². The number of aliphatic hydroxyl groups excluding tert-OH is 1. The summed E-state index contributed by atoms with van der Waals surface area (Å²) in [6.07, 6.45) is 4.89. The Morgan fingerprint density at radius 3 is 2.47 bits per heavy atom. The number of nitrogens with zero attached hydrogens (tertiary/aromatic N) is 1. The summed E-state index contributed by atoms with van der Waals surface area (Å²) in [7, 11) is 1.57. The van der Waals surface area contributed by atoms with Gasteiger partial charge < -0.3 is 24.8 Å². The molecule has 0 spiro atoms. The van der Waals surface area contributed by atoms with Crippen LogP contribution in [0.5, 0.6) is 5.75 Å². The molecule has 32 heavy (non-hydrogen) atoms. The molecule has 1 saturated heterocycles. The number of anilines is 1. The van der Waals surface area contributed by atoms with Crippen molar-refractivity contribution in [3.63, 3.8) is 0 Å². The summed E-state index contributed by atoms with van der Waals surface area (Å²) >= 11 is 0. The van der Waals surface area contributed by atoms with Crippen molar-refractivity contribution in [1.82, 2.24) is 4.90 Å². The number of hydrogen-bond acceptors (Lipinski definition) is 6. The molecular weight excluding hydrogens is 412 g/mol. The predicted octanol–water partition coefficient (Wildman–Crippen LogP) is 2.23. The molecule has 0 bridgehead atoms. The first-order chi connectivity index (χ1) is 15.5. The molecule has 3 rings (SSSR count). The number of esters is 1. The maximum atomic E-state index is 13.5. The van der Waals surface area contributed by atoms with Crippen LogP contribution in [0.3, 0.4) is 0 Å². The lowest BCUT2D eigenvalue weighted by Gasteiger charge is -2.33. The summed E-state index contributed by atoms with van der Waals surface area (Å²) in [6.45, 7) is 4.09. The van der Waals surface area contributed by atoms with E-state index in [0.29, 0.717) is 24.3 Å². The molecule has 5 atom stereocenters. The monoisotopic (exact) mass is 444 g/mol. The third-order valence-corrected chi connectivity index (χ3v) is 6.33. The van der Waals surface area contributed by atoms with Gasteiger partial charge in [0.15, 0.2) is 0 Å². The SMILES string of the molecule is CCOC(=O)[C@H]1[C@H]2C(=O)N(CCCO)[C@H](C(=O)Nc3ccc(OC)cc3)[C@H]2C=C[C@H]1CC. The van der Waals surface area contributed by atoms with Gasteiger partial charge in [-0.1, -0.05) is 19.1 Å². The zero-order valence-corrected chi connectivity index (χ0v) is 18.8. The Morgan fingerprint density at radius 1 is 1.16 bits per heavy atom. The highest BCUT2D eigenvalue weighted by molar-refractivity contribution is 6.01. The molecule has 8 heteroatoms. The van der Waals surface area contributed by atoms with E-state index < -0.39 is 29.8 Å². The van der Waals surface area contributed by atoms with E-state index in [0.717, 1.165) is 0 Å². The molecule has 1 aliphatic carbocycles. The largest absolute Gasteiger partial charge is 0.497 e. The normalized spacial score (nSPS) is 26.6. The molecule has 2 amide bonds. The number of methoxy groups -OCH3 is 1. The van der Waals surface area contributed by atoms with Gasteiger partial charge in [-0.05, 0) is 49.9 Å². The summed E-state index contributed by atoms with van der Waals surface area (Å²) in [5.74, 6) is -2.14. The van der Waals surface area contributed by atoms with Crippen molar-refractivity contribution in [3.05, 3.63) is 36.4 Å². The number of allylic oxidation sites excluding steroid dienone is 1. The maximum Gasteiger partial charge on any atom is 0.310 e. The number of hydrogen-bond donors (Lipinski definition) is 2. The number of fused-ring (bicyclic) bond motifs is 1. The van der Waals surface area contributed by atoms with Crippen LogP contribution in [0.1, 0.15) is 26.7 Å². The minimum absolute atomic E-state index is 0.0966. The summed E-state index contributed by atoms with van der Waals surface area (Å²) in [4.78, 5) is 41.2. The number of ether oxygens (including phenoxy) is 2. The van der Waals surface area contributed by atoms with Crippen LogP contribution in [0.15, 0.2) is 36.4 Å². The molecule has 174 valence electrons. The highest BCUT2D eigenvalue weighted by Gasteiger charge is 2.57. The van der Waals surface area contributed by atoms with Crippen molar-refractivity contribution in [2.24, 2.45) is 23.7 Å². The van der Waals surface area contributed by atoms with E-state index in [4.69, 9.17) is 9.47 Å². The van der Waals surface area contributed by atoms with Gasteiger partial charge in [-0.25, -0.2) is 0 Å². The first-order valence-corrected chi connectivity index (χ1v) is 11.2. The van der Waals surface area contributed by atoms with Crippen molar-refractivity contribution < 1.29 is 29.0 Å². The average molecular weight is 445 g/mol. The number of carbonyl (C=O) groups excluding carboxylic acids is 3. The average Bonchev–Trinajstić information content (AvgIpc) is 3.09. The van der Waals surface area contributed by atoms with Crippen molar-refractivity contribution >= 4 is 23.5 Å². The Balaban J connectivity index is 1.92. The quantitative estimate of drug-likeness (QED) is 0.447. The second-order valence-corrected chi connectivity index (χ2v) is 8.11. The highest BCUT2D eigenvalue weighted by Crippen LogP contribution is 2.45. The maximum absolute atomic E-state index is 13.5. The van der Waals surface area contributed by atoms with Gasteiger partial charge in [0, 0.05) is 24.8 Å². The molecule has 1 heterocycles. The topological polar surface area (TPSA) is 105 Å². The van der Waals surface area contributed by atoms with Crippen molar-refractivity contribution in [2.45, 2.75) is 32.7 Å². The third kappa shape index (κ3) is 4.65. The zero-order valence-electron chi connectivity index (χ0n) is 18.8. The van der Waals surface area contributed by atoms with Gasteiger partial charge >= 0.3 is 5.97 Å². The van der Waals surface area contributed by atoms with Crippen molar-refractivity contribution in [3.8, 4) is 5.75 Å². The number of amides is 2.